The fourth-order valence-corrected chi connectivity index (χ4v) is 2.68. The summed E-state index contributed by atoms with van der Waals surface area (Å²) in [4.78, 5) is 31.5. The van der Waals surface area contributed by atoms with E-state index in [4.69, 9.17) is 0 Å². The molecule has 0 aromatic carbocycles. The SMILES string of the molecule is C=CC(=O)Nc1cc(-c2cnc3[nH]cc(-c4ccncn4)c3c2)ccn1. The van der Waals surface area contributed by atoms with E-state index in [1.807, 2.05) is 24.4 Å². The van der Waals surface area contributed by atoms with Crippen molar-refractivity contribution in [3.8, 4) is 22.4 Å². The predicted molar refractivity (Wildman–Crippen MR) is 99.2 cm³/mol. The van der Waals surface area contributed by atoms with Crippen LogP contribution in [0.2, 0.25) is 0 Å². The average Bonchev–Trinajstić information content (AvgIpc) is 3.12. The minimum absolute atomic E-state index is 0.306. The summed E-state index contributed by atoms with van der Waals surface area (Å²) in [7, 11) is 0. The lowest BCUT2D eigenvalue weighted by Gasteiger charge is -2.06. The molecule has 4 aromatic rings. The summed E-state index contributed by atoms with van der Waals surface area (Å²) in [5, 5.41) is 3.61. The molecule has 0 unspecified atom stereocenters. The fourth-order valence-electron chi connectivity index (χ4n) is 2.68. The number of aromatic nitrogens is 5. The smallest absolute Gasteiger partial charge is 0.248 e. The van der Waals surface area contributed by atoms with E-state index in [0.717, 1.165) is 33.4 Å². The first-order valence-electron chi connectivity index (χ1n) is 7.88. The van der Waals surface area contributed by atoms with E-state index in [-0.39, 0.29) is 5.91 Å². The highest BCUT2D eigenvalue weighted by Gasteiger charge is 2.10. The second-order valence-corrected chi connectivity index (χ2v) is 5.54. The summed E-state index contributed by atoms with van der Waals surface area (Å²) in [5.41, 5.74) is 4.34. The van der Waals surface area contributed by atoms with E-state index in [1.165, 1.54) is 12.4 Å². The lowest BCUT2D eigenvalue weighted by Crippen LogP contribution is -2.08. The van der Waals surface area contributed by atoms with Gasteiger partial charge < -0.3 is 10.3 Å². The Hall–Kier alpha value is -3.87. The van der Waals surface area contributed by atoms with E-state index < -0.39 is 0 Å². The van der Waals surface area contributed by atoms with Crippen LogP contribution in [0, 0.1) is 0 Å². The average molecular weight is 342 g/mol. The number of carbonyl (C=O) groups is 1. The van der Waals surface area contributed by atoms with Crippen molar-refractivity contribution >= 4 is 22.8 Å². The molecule has 7 nitrogen and oxygen atoms in total. The lowest BCUT2D eigenvalue weighted by atomic mass is 10.1. The number of pyridine rings is 2. The molecule has 1 amide bonds. The van der Waals surface area contributed by atoms with Gasteiger partial charge in [-0.3, -0.25) is 4.79 Å². The van der Waals surface area contributed by atoms with Crippen LogP contribution < -0.4 is 5.32 Å². The summed E-state index contributed by atoms with van der Waals surface area (Å²) in [5.74, 6) is 0.150. The van der Waals surface area contributed by atoms with E-state index in [0.29, 0.717) is 5.82 Å². The van der Waals surface area contributed by atoms with Crippen LogP contribution in [-0.4, -0.2) is 30.8 Å². The third kappa shape index (κ3) is 2.93. The number of aromatic amines is 1. The van der Waals surface area contributed by atoms with Gasteiger partial charge in [0, 0.05) is 41.3 Å². The van der Waals surface area contributed by atoms with Gasteiger partial charge in [-0.1, -0.05) is 6.58 Å². The van der Waals surface area contributed by atoms with Gasteiger partial charge in [0.15, 0.2) is 0 Å². The Balaban J connectivity index is 1.77. The van der Waals surface area contributed by atoms with E-state index in [1.54, 1.807) is 24.7 Å². The van der Waals surface area contributed by atoms with E-state index >= 15 is 0 Å². The van der Waals surface area contributed by atoms with Crippen LogP contribution in [-0.2, 0) is 4.79 Å². The van der Waals surface area contributed by atoms with Crippen molar-refractivity contribution in [1.29, 1.82) is 0 Å². The molecule has 0 spiro atoms. The number of hydrogen-bond acceptors (Lipinski definition) is 5. The van der Waals surface area contributed by atoms with Gasteiger partial charge in [0.2, 0.25) is 5.91 Å². The molecule has 0 saturated heterocycles. The molecule has 0 fully saturated rings. The van der Waals surface area contributed by atoms with Crippen LogP contribution in [0.5, 0.6) is 0 Å². The third-order valence-electron chi connectivity index (χ3n) is 3.92. The fraction of sp³-hybridized carbons (Fsp3) is 0. The highest BCUT2D eigenvalue weighted by molar-refractivity contribution is 5.99. The minimum atomic E-state index is -0.306. The van der Waals surface area contributed by atoms with Gasteiger partial charge in [-0.05, 0) is 35.9 Å². The molecule has 7 heteroatoms. The summed E-state index contributed by atoms with van der Waals surface area (Å²) in [6.07, 6.45) is 9.72. The number of H-pyrrole nitrogens is 1. The van der Waals surface area contributed by atoms with Crippen molar-refractivity contribution in [2.75, 3.05) is 5.32 Å². The van der Waals surface area contributed by atoms with Crippen LogP contribution >= 0.6 is 0 Å². The van der Waals surface area contributed by atoms with Gasteiger partial charge in [0.25, 0.3) is 0 Å². The zero-order chi connectivity index (χ0) is 17.9. The molecule has 0 atom stereocenters. The number of rotatable bonds is 4. The number of fused-ring (bicyclic) bond motifs is 1. The minimum Gasteiger partial charge on any atom is -0.345 e. The Kier molecular flexibility index (Phi) is 3.95. The molecule has 126 valence electrons. The van der Waals surface area contributed by atoms with Crippen molar-refractivity contribution in [3.05, 3.63) is 68.0 Å². The van der Waals surface area contributed by atoms with E-state index in [9.17, 15) is 4.79 Å². The van der Waals surface area contributed by atoms with E-state index in [2.05, 4.69) is 36.8 Å². The first-order valence-corrected chi connectivity index (χ1v) is 7.88. The number of anilines is 1. The quantitative estimate of drug-likeness (QED) is 0.555. The van der Waals surface area contributed by atoms with Crippen LogP contribution in [0.25, 0.3) is 33.4 Å². The van der Waals surface area contributed by atoms with Gasteiger partial charge in [-0.15, -0.1) is 0 Å². The Morgan fingerprint density at radius 2 is 2.04 bits per heavy atom. The second-order valence-electron chi connectivity index (χ2n) is 5.54. The molecule has 0 radical (unpaired) electrons. The second kappa shape index (κ2) is 6.56. The van der Waals surface area contributed by atoms with Crippen LogP contribution in [0.4, 0.5) is 5.82 Å². The maximum atomic E-state index is 11.5. The molecule has 2 N–H and O–H groups in total. The largest absolute Gasteiger partial charge is 0.345 e. The van der Waals surface area contributed by atoms with Crippen molar-refractivity contribution in [3.63, 3.8) is 0 Å². The van der Waals surface area contributed by atoms with Gasteiger partial charge in [0.05, 0.1) is 5.69 Å². The molecule has 0 aliphatic rings. The maximum Gasteiger partial charge on any atom is 0.248 e. The Morgan fingerprint density at radius 1 is 1.12 bits per heavy atom. The molecule has 4 heterocycles. The van der Waals surface area contributed by atoms with Gasteiger partial charge in [0.1, 0.15) is 17.8 Å². The summed E-state index contributed by atoms with van der Waals surface area (Å²) in [6, 6.07) is 7.54. The number of nitrogens with zero attached hydrogens (tertiary/aromatic N) is 4. The monoisotopic (exact) mass is 342 g/mol. The summed E-state index contributed by atoms with van der Waals surface area (Å²) < 4.78 is 0. The highest BCUT2D eigenvalue weighted by atomic mass is 16.1. The number of hydrogen-bond donors (Lipinski definition) is 2. The van der Waals surface area contributed by atoms with Gasteiger partial charge in [-0.25, -0.2) is 19.9 Å². The molecule has 4 aromatic heterocycles. The first-order chi connectivity index (χ1) is 12.7. The van der Waals surface area contributed by atoms with Crippen molar-refractivity contribution in [2.24, 2.45) is 0 Å². The molecule has 0 aliphatic heterocycles. The van der Waals surface area contributed by atoms with Gasteiger partial charge in [-0.2, -0.15) is 0 Å². The van der Waals surface area contributed by atoms with Crippen molar-refractivity contribution < 1.29 is 4.79 Å². The predicted octanol–water partition coefficient (Wildman–Crippen LogP) is 3.21. The van der Waals surface area contributed by atoms with Crippen LogP contribution in [0.15, 0.2) is 68.0 Å². The molecular weight excluding hydrogens is 328 g/mol. The summed E-state index contributed by atoms with van der Waals surface area (Å²) >= 11 is 0. The number of carbonyl (C=O) groups excluding carboxylic acids is 1. The molecule has 4 rings (SSSR count). The third-order valence-corrected chi connectivity index (χ3v) is 3.92. The molecular formula is C19H14N6O. The van der Waals surface area contributed by atoms with Crippen LogP contribution in [0.3, 0.4) is 0 Å². The lowest BCUT2D eigenvalue weighted by molar-refractivity contribution is -0.111. The molecule has 26 heavy (non-hydrogen) atoms. The zero-order valence-corrected chi connectivity index (χ0v) is 13.7. The first kappa shape index (κ1) is 15.6. The zero-order valence-electron chi connectivity index (χ0n) is 13.7. The van der Waals surface area contributed by atoms with Crippen LogP contribution in [0.1, 0.15) is 0 Å². The number of amides is 1. The Morgan fingerprint density at radius 3 is 2.85 bits per heavy atom. The number of nitrogens with one attached hydrogen (secondary N) is 2. The standard InChI is InChI=1S/C19H14N6O/c1-2-18(26)25-17-8-12(3-6-21-17)13-7-14-15(10-23-19(14)22-9-13)16-4-5-20-11-24-16/h2-11H,1H2,(H,22,23)(H,21,25,26). The Labute approximate surface area is 148 Å². The maximum absolute atomic E-state index is 11.5. The Bertz CT molecular complexity index is 1100. The molecule has 0 aliphatic carbocycles. The normalized spacial score (nSPS) is 10.6. The van der Waals surface area contributed by atoms with Crippen molar-refractivity contribution in [1.82, 2.24) is 24.9 Å². The molecule has 0 bridgehead atoms. The summed E-state index contributed by atoms with van der Waals surface area (Å²) in [6.45, 7) is 3.44. The van der Waals surface area contributed by atoms with Crippen molar-refractivity contribution in [2.45, 2.75) is 0 Å². The van der Waals surface area contributed by atoms with Gasteiger partial charge >= 0.3 is 0 Å². The topological polar surface area (TPSA) is 96.5 Å². The molecule has 0 saturated carbocycles. The highest BCUT2D eigenvalue weighted by Crippen LogP contribution is 2.30.